The molecule has 2 fully saturated rings. The monoisotopic (exact) mass is 222 g/mol. The quantitative estimate of drug-likeness (QED) is 0.388. The highest BCUT2D eigenvalue weighted by Crippen LogP contribution is 2.48. The Kier molecular flexibility index (Phi) is 2.87. The molecule has 0 aromatic carbocycles. The van der Waals surface area contributed by atoms with E-state index in [1.807, 2.05) is 0 Å². The second-order valence-corrected chi connectivity index (χ2v) is 4.89. The molecule has 3 nitrogen and oxygen atoms in total. The minimum atomic E-state index is -0.844. The highest BCUT2D eigenvalue weighted by Gasteiger charge is 2.54. The molecule has 0 amide bonds. The largest absolute Gasteiger partial charge is 0.468 e. The maximum Gasteiger partial charge on any atom is 0.319 e. The van der Waals surface area contributed by atoms with Gasteiger partial charge in [-0.25, -0.2) is 0 Å². The molecule has 0 aliphatic heterocycles. The molecule has 0 aromatic rings. The van der Waals surface area contributed by atoms with Crippen molar-refractivity contribution in [2.24, 2.45) is 11.3 Å². The summed E-state index contributed by atoms with van der Waals surface area (Å²) in [6, 6.07) is 0. The molecule has 3 heteroatoms. The summed E-state index contributed by atoms with van der Waals surface area (Å²) >= 11 is 0. The lowest BCUT2D eigenvalue weighted by Gasteiger charge is -2.27. The number of Topliss-reactive ketones (excluding diaryl/α,β-unsaturated/α-hetero) is 1. The maximum atomic E-state index is 12.3. The second kappa shape index (κ2) is 4.04. The van der Waals surface area contributed by atoms with Crippen LogP contribution in [0.2, 0.25) is 0 Å². The molecule has 2 atom stereocenters. The molecule has 0 heterocycles. The zero-order chi connectivity index (χ0) is 11.8. The second-order valence-electron chi connectivity index (χ2n) is 4.89. The topological polar surface area (TPSA) is 43.4 Å². The lowest BCUT2D eigenvalue weighted by molar-refractivity contribution is -0.157. The van der Waals surface area contributed by atoms with Gasteiger partial charge in [0.15, 0.2) is 5.78 Å². The number of carbonyl (C=O) groups excluding carboxylic acids is 2. The molecule has 88 valence electrons. The summed E-state index contributed by atoms with van der Waals surface area (Å²) in [5.74, 6) is -0.377. The van der Waals surface area contributed by atoms with E-state index in [1.165, 1.54) is 7.11 Å². The third-order valence-electron chi connectivity index (χ3n) is 4.07. The Bertz CT molecular complexity index is 345. The van der Waals surface area contributed by atoms with Crippen LogP contribution in [0.25, 0.3) is 0 Å². The number of esters is 1. The van der Waals surface area contributed by atoms with E-state index < -0.39 is 5.41 Å². The van der Waals surface area contributed by atoms with Crippen LogP contribution < -0.4 is 0 Å². The predicted octanol–water partition coefficient (Wildman–Crippen LogP) is 2.26. The molecule has 0 radical (unpaired) electrons. The number of ether oxygens (including phenoxy) is 1. The van der Waals surface area contributed by atoms with Crippen LogP contribution in [0.4, 0.5) is 0 Å². The van der Waals surface area contributed by atoms with Gasteiger partial charge >= 0.3 is 5.97 Å². The number of ketones is 1. The van der Waals surface area contributed by atoms with Gasteiger partial charge in [-0.3, -0.25) is 9.59 Å². The van der Waals surface area contributed by atoms with Crippen LogP contribution in [-0.2, 0) is 14.3 Å². The maximum absolute atomic E-state index is 12.3. The Morgan fingerprint density at radius 2 is 2.19 bits per heavy atom. The highest BCUT2D eigenvalue weighted by atomic mass is 16.5. The summed E-state index contributed by atoms with van der Waals surface area (Å²) in [7, 11) is 1.37. The Morgan fingerprint density at radius 3 is 2.88 bits per heavy atom. The first-order valence-electron chi connectivity index (χ1n) is 5.92. The number of fused-ring (bicyclic) bond motifs is 2. The van der Waals surface area contributed by atoms with E-state index in [4.69, 9.17) is 4.74 Å². The molecule has 0 aromatic heterocycles. The molecule has 2 rings (SSSR count). The lowest BCUT2D eigenvalue weighted by Crippen LogP contribution is -2.39. The van der Waals surface area contributed by atoms with Crippen molar-refractivity contribution in [3.8, 4) is 0 Å². The van der Waals surface area contributed by atoms with E-state index in [2.05, 4.69) is 6.58 Å². The first kappa shape index (κ1) is 11.4. The first-order valence-corrected chi connectivity index (χ1v) is 5.92. The molecule has 2 bridgehead atoms. The zero-order valence-electron chi connectivity index (χ0n) is 9.75. The number of rotatable bonds is 1. The predicted molar refractivity (Wildman–Crippen MR) is 59.8 cm³/mol. The summed E-state index contributed by atoms with van der Waals surface area (Å²) in [6.07, 6.45) is 4.93. The van der Waals surface area contributed by atoms with Crippen LogP contribution in [0.1, 0.15) is 38.5 Å². The lowest BCUT2D eigenvalue weighted by atomic mass is 9.76. The van der Waals surface area contributed by atoms with Crippen molar-refractivity contribution in [2.75, 3.05) is 7.11 Å². The Hall–Kier alpha value is -1.12. The van der Waals surface area contributed by atoms with E-state index in [0.29, 0.717) is 12.8 Å². The van der Waals surface area contributed by atoms with Crippen LogP contribution >= 0.6 is 0 Å². The van der Waals surface area contributed by atoms with E-state index in [9.17, 15) is 9.59 Å². The van der Waals surface area contributed by atoms with Gasteiger partial charge in [0.2, 0.25) is 0 Å². The molecule has 2 saturated carbocycles. The van der Waals surface area contributed by atoms with Crippen molar-refractivity contribution in [1.29, 1.82) is 0 Å². The van der Waals surface area contributed by atoms with Gasteiger partial charge in [0.1, 0.15) is 5.41 Å². The number of methoxy groups -OCH3 is 1. The van der Waals surface area contributed by atoms with Gasteiger partial charge in [-0.15, -0.1) is 0 Å². The normalized spacial score (nSPS) is 34.4. The molecule has 2 aliphatic carbocycles. The van der Waals surface area contributed by atoms with Gasteiger partial charge in [0.05, 0.1) is 7.11 Å². The van der Waals surface area contributed by atoms with Gasteiger partial charge in [-0.2, -0.15) is 0 Å². The van der Waals surface area contributed by atoms with Gasteiger partial charge < -0.3 is 4.74 Å². The Balaban J connectivity index is 2.34. The summed E-state index contributed by atoms with van der Waals surface area (Å²) in [5.41, 5.74) is 0.165. The minimum absolute atomic E-state index is 0.0593. The molecule has 2 unspecified atom stereocenters. The van der Waals surface area contributed by atoms with Crippen LogP contribution in [0.5, 0.6) is 0 Å². The van der Waals surface area contributed by atoms with Crippen LogP contribution in [-0.4, -0.2) is 18.9 Å². The number of carbonyl (C=O) groups is 2. The highest BCUT2D eigenvalue weighted by molar-refractivity contribution is 6.07. The zero-order valence-corrected chi connectivity index (χ0v) is 9.75. The van der Waals surface area contributed by atoms with Crippen LogP contribution in [0, 0.1) is 11.3 Å². The summed E-state index contributed by atoms with van der Waals surface area (Å²) in [4.78, 5) is 24.2. The van der Waals surface area contributed by atoms with Crippen molar-refractivity contribution >= 4 is 11.8 Å². The summed E-state index contributed by atoms with van der Waals surface area (Å²) in [5, 5.41) is 0. The first-order chi connectivity index (χ1) is 7.62. The number of allylic oxidation sites excluding steroid dienone is 1. The van der Waals surface area contributed by atoms with Crippen molar-refractivity contribution in [2.45, 2.75) is 38.5 Å². The van der Waals surface area contributed by atoms with E-state index in [1.54, 1.807) is 0 Å². The van der Waals surface area contributed by atoms with Gasteiger partial charge in [-0.1, -0.05) is 18.6 Å². The average Bonchev–Trinajstić information content (AvgIpc) is 2.64. The standard InChI is InChI=1S/C13H18O3/c1-9-5-3-4-7-13(12(15)16-2)8-6-10(9)11(13)14/h10H,1,3-8H2,2H3. The smallest absolute Gasteiger partial charge is 0.319 e. The van der Waals surface area contributed by atoms with E-state index in [-0.39, 0.29) is 17.7 Å². The van der Waals surface area contributed by atoms with E-state index in [0.717, 1.165) is 31.3 Å². The van der Waals surface area contributed by atoms with Crippen LogP contribution in [0.3, 0.4) is 0 Å². The Labute approximate surface area is 95.9 Å². The molecular weight excluding hydrogens is 204 g/mol. The molecule has 0 spiro atoms. The fourth-order valence-electron chi connectivity index (χ4n) is 3.07. The van der Waals surface area contributed by atoms with Gasteiger partial charge in [0.25, 0.3) is 0 Å². The molecule has 16 heavy (non-hydrogen) atoms. The third kappa shape index (κ3) is 1.49. The molecule has 0 saturated heterocycles. The van der Waals surface area contributed by atoms with Gasteiger partial charge in [-0.05, 0) is 32.1 Å². The van der Waals surface area contributed by atoms with Crippen LogP contribution in [0.15, 0.2) is 12.2 Å². The molecule has 2 aliphatic rings. The molecular formula is C13H18O3. The summed E-state index contributed by atoms with van der Waals surface area (Å²) in [6.45, 7) is 3.99. The van der Waals surface area contributed by atoms with E-state index >= 15 is 0 Å². The molecule has 0 N–H and O–H groups in total. The number of hydrogen-bond donors (Lipinski definition) is 0. The third-order valence-corrected chi connectivity index (χ3v) is 4.07. The Morgan fingerprint density at radius 1 is 1.44 bits per heavy atom. The minimum Gasteiger partial charge on any atom is -0.468 e. The van der Waals surface area contributed by atoms with Crippen molar-refractivity contribution in [3.05, 3.63) is 12.2 Å². The van der Waals surface area contributed by atoms with Crippen molar-refractivity contribution in [3.63, 3.8) is 0 Å². The van der Waals surface area contributed by atoms with Gasteiger partial charge in [0, 0.05) is 5.92 Å². The average molecular weight is 222 g/mol. The van der Waals surface area contributed by atoms with Crippen molar-refractivity contribution < 1.29 is 14.3 Å². The van der Waals surface area contributed by atoms with Crippen molar-refractivity contribution in [1.82, 2.24) is 0 Å². The summed E-state index contributed by atoms with van der Waals surface area (Å²) < 4.78 is 4.82. The fourth-order valence-corrected chi connectivity index (χ4v) is 3.07. The number of hydrogen-bond acceptors (Lipinski definition) is 3. The fraction of sp³-hybridized carbons (Fsp3) is 0.692. The SMILES string of the molecule is C=C1CCCCC2(C(=O)OC)CCC1C2=O.